The van der Waals surface area contributed by atoms with Crippen LogP contribution in [0.25, 0.3) is 16.1 Å². The largest absolute Gasteiger partial charge is 0.359 e. The molecule has 0 atom stereocenters. The molecule has 118 valence electrons. The lowest BCUT2D eigenvalue weighted by atomic mass is 10.1. The molecule has 0 bridgehead atoms. The maximum absolute atomic E-state index is 13.6. The van der Waals surface area contributed by atoms with Crippen molar-refractivity contribution >= 4 is 17.4 Å². The molecule has 0 unspecified atom stereocenters. The molecular weight excluding hydrogens is 307 g/mol. The molecule has 0 aliphatic carbocycles. The number of nitrogens with zero attached hydrogens (tertiary/aromatic N) is 3. The lowest BCUT2D eigenvalue weighted by Crippen LogP contribution is -2.13. The molecule has 1 heterocycles. The predicted molar refractivity (Wildman–Crippen MR) is 89.3 cm³/mol. The normalized spacial score (nSPS) is 10.2. The number of amides is 1. The first kappa shape index (κ1) is 15.4. The fourth-order valence-electron chi connectivity index (χ4n) is 2.35. The zero-order valence-corrected chi connectivity index (χ0v) is 12.8. The Balaban J connectivity index is 1.80. The van der Waals surface area contributed by atoms with E-state index in [2.05, 4.69) is 15.3 Å². The average Bonchev–Trinajstić information content (AvgIpc) is 2.97. The van der Waals surface area contributed by atoms with Crippen molar-refractivity contribution in [1.82, 2.24) is 9.78 Å². The second kappa shape index (κ2) is 6.34. The van der Waals surface area contributed by atoms with Crippen molar-refractivity contribution in [2.24, 2.45) is 7.05 Å². The number of nitrogens with one attached hydrogen (secondary N) is 1. The Labute approximate surface area is 138 Å². The summed E-state index contributed by atoms with van der Waals surface area (Å²) in [6.07, 6.45) is 0. The third kappa shape index (κ3) is 3.01. The highest BCUT2D eigenvalue weighted by Crippen LogP contribution is 2.25. The minimum absolute atomic E-state index is 0.00471. The van der Waals surface area contributed by atoms with Gasteiger partial charge in [0.05, 0.1) is 18.3 Å². The third-order valence-corrected chi connectivity index (χ3v) is 3.54. The second-order valence-corrected chi connectivity index (χ2v) is 5.13. The number of aromatic nitrogens is 2. The number of hydrogen-bond acceptors (Lipinski definition) is 2. The number of benzene rings is 2. The summed E-state index contributed by atoms with van der Waals surface area (Å²) in [5, 5.41) is 6.74. The van der Waals surface area contributed by atoms with Crippen molar-refractivity contribution in [2.45, 2.75) is 0 Å². The number of anilines is 1. The average molecular weight is 320 g/mol. The Morgan fingerprint density at radius 2 is 1.92 bits per heavy atom. The van der Waals surface area contributed by atoms with Crippen LogP contribution in [0.3, 0.4) is 0 Å². The first-order valence-electron chi connectivity index (χ1n) is 7.16. The van der Waals surface area contributed by atoms with Gasteiger partial charge in [-0.05, 0) is 35.4 Å². The number of halogens is 1. The Hall–Kier alpha value is -3.46. The summed E-state index contributed by atoms with van der Waals surface area (Å²) < 4.78 is 15.2. The van der Waals surface area contributed by atoms with Crippen molar-refractivity contribution in [3.63, 3.8) is 0 Å². The third-order valence-electron chi connectivity index (χ3n) is 3.54. The summed E-state index contributed by atoms with van der Waals surface area (Å²) >= 11 is 0. The molecule has 3 aromatic rings. The van der Waals surface area contributed by atoms with Gasteiger partial charge in [0.25, 0.3) is 11.7 Å². The predicted octanol–water partition coefficient (Wildman–Crippen LogP) is 4.03. The first-order valence-corrected chi connectivity index (χ1v) is 7.16. The van der Waals surface area contributed by atoms with Crippen molar-refractivity contribution in [2.75, 3.05) is 5.32 Å². The van der Waals surface area contributed by atoms with Crippen LogP contribution in [0.1, 0.15) is 10.4 Å². The summed E-state index contributed by atoms with van der Waals surface area (Å²) in [5.41, 5.74) is 2.21. The summed E-state index contributed by atoms with van der Waals surface area (Å²) in [6, 6.07) is 14.6. The van der Waals surface area contributed by atoms with Gasteiger partial charge in [-0.1, -0.05) is 30.8 Å². The standard InChI is InChI=1S/C18H13FN4O/c1-20-17-11-16(23(2)22-17)12-7-9-13(10-8-12)21-18(24)14-5-3-4-6-15(14)19/h3-11H,2H3,(H,21,24). The van der Waals surface area contributed by atoms with Crippen LogP contribution in [-0.2, 0) is 7.05 Å². The molecule has 1 aromatic heterocycles. The number of carbonyl (C=O) groups excluding carboxylic acids is 1. The van der Waals surface area contributed by atoms with Crippen LogP contribution in [0.2, 0.25) is 0 Å². The molecule has 0 aliphatic heterocycles. The van der Waals surface area contributed by atoms with E-state index in [9.17, 15) is 9.18 Å². The second-order valence-electron chi connectivity index (χ2n) is 5.13. The van der Waals surface area contributed by atoms with E-state index in [0.29, 0.717) is 11.5 Å². The molecule has 2 aromatic carbocycles. The Morgan fingerprint density at radius 3 is 2.54 bits per heavy atom. The minimum atomic E-state index is -0.562. The fourth-order valence-corrected chi connectivity index (χ4v) is 2.35. The van der Waals surface area contributed by atoms with E-state index in [1.54, 1.807) is 36.0 Å². The van der Waals surface area contributed by atoms with Gasteiger partial charge in [0.15, 0.2) is 0 Å². The van der Waals surface area contributed by atoms with E-state index in [1.807, 2.05) is 12.1 Å². The molecule has 0 fully saturated rings. The highest BCUT2D eigenvalue weighted by molar-refractivity contribution is 6.04. The molecule has 0 saturated heterocycles. The van der Waals surface area contributed by atoms with E-state index in [1.165, 1.54) is 18.2 Å². The first-order chi connectivity index (χ1) is 11.6. The maximum atomic E-state index is 13.6. The molecule has 5 nitrogen and oxygen atoms in total. The van der Waals surface area contributed by atoms with Gasteiger partial charge in [-0.3, -0.25) is 4.79 Å². The van der Waals surface area contributed by atoms with Gasteiger partial charge in [0.2, 0.25) is 0 Å². The fraction of sp³-hybridized carbons (Fsp3) is 0.0556. The smallest absolute Gasteiger partial charge is 0.296 e. The Morgan fingerprint density at radius 1 is 1.21 bits per heavy atom. The van der Waals surface area contributed by atoms with Crippen LogP contribution in [0.5, 0.6) is 0 Å². The van der Waals surface area contributed by atoms with Gasteiger partial charge in [0, 0.05) is 11.3 Å². The molecule has 0 spiro atoms. The van der Waals surface area contributed by atoms with Gasteiger partial charge >= 0.3 is 0 Å². The zero-order valence-electron chi connectivity index (χ0n) is 12.8. The molecule has 6 heteroatoms. The lowest BCUT2D eigenvalue weighted by Gasteiger charge is -2.07. The van der Waals surface area contributed by atoms with Crippen molar-refractivity contribution in [3.8, 4) is 11.3 Å². The monoisotopic (exact) mass is 320 g/mol. The number of rotatable bonds is 3. The van der Waals surface area contributed by atoms with Crippen LogP contribution >= 0.6 is 0 Å². The molecule has 0 radical (unpaired) electrons. The topological polar surface area (TPSA) is 51.3 Å². The van der Waals surface area contributed by atoms with Gasteiger partial charge in [-0.2, -0.15) is 4.68 Å². The van der Waals surface area contributed by atoms with Crippen molar-refractivity contribution < 1.29 is 9.18 Å². The van der Waals surface area contributed by atoms with Gasteiger partial charge < -0.3 is 10.2 Å². The van der Waals surface area contributed by atoms with E-state index >= 15 is 0 Å². The molecular formula is C18H13FN4O. The molecule has 1 N–H and O–H groups in total. The van der Waals surface area contributed by atoms with Crippen LogP contribution in [0, 0.1) is 12.4 Å². The highest BCUT2D eigenvalue weighted by Gasteiger charge is 2.12. The van der Waals surface area contributed by atoms with Crippen LogP contribution in [0.15, 0.2) is 54.6 Å². The summed E-state index contributed by atoms with van der Waals surface area (Å²) in [6.45, 7) is 7.00. The van der Waals surface area contributed by atoms with Crippen LogP contribution < -0.4 is 5.32 Å². The minimum Gasteiger partial charge on any atom is -0.359 e. The summed E-state index contributed by atoms with van der Waals surface area (Å²) in [7, 11) is 1.76. The Bertz CT molecular complexity index is 938. The van der Waals surface area contributed by atoms with Crippen molar-refractivity contribution in [1.29, 1.82) is 0 Å². The highest BCUT2D eigenvalue weighted by atomic mass is 19.1. The Kier molecular flexibility index (Phi) is 4.08. The van der Waals surface area contributed by atoms with Gasteiger partial charge in [-0.25, -0.2) is 4.39 Å². The van der Waals surface area contributed by atoms with E-state index in [4.69, 9.17) is 6.57 Å². The molecule has 1 amide bonds. The molecule has 3 rings (SSSR count). The number of hydrogen-bond donors (Lipinski definition) is 1. The van der Waals surface area contributed by atoms with E-state index in [0.717, 1.165) is 11.3 Å². The van der Waals surface area contributed by atoms with Crippen LogP contribution in [-0.4, -0.2) is 15.7 Å². The lowest BCUT2D eigenvalue weighted by molar-refractivity contribution is 0.102. The summed E-state index contributed by atoms with van der Waals surface area (Å²) in [4.78, 5) is 15.4. The van der Waals surface area contributed by atoms with Crippen LogP contribution in [0.4, 0.5) is 15.9 Å². The SMILES string of the molecule is [C-]#[N+]c1cc(-c2ccc(NC(=O)c3ccccc3F)cc2)n(C)n1. The maximum Gasteiger partial charge on any atom is 0.296 e. The number of aryl methyl sites for hydroxylation is 1. The summed E-state index contributed by atoms with van der Waals surface area (Å²) in [5.74, 6) is -0.741. The molecule has 0 saturated carbocycles. The van der Waals surface area contributed by atoms with E-state index < -0.39 is 11.7 Å². The van der Waals surface area contributed by atoms with Gasteiger partial charge in [-0.15, -0.1) is 0 Å². The quantitative estimate of drug-likeness (QED) is 0.741. The van der Waals surface area contributed by atoms with Crippen molar-refractivity contribution in [3.05, 3.63) is 77.4 Å². The molecule has 0 aliphatic rings. The molecule has 24 heavy (non-hydrogen) atoms. The van der Waals surface area contributed by atoms with E-state index in [-0.39, 0.29) is 5.56 Å². The zero-order chi connectivity index (χ0) is 17.1. The number of carbonyl (C=O) groups is 1. The van der Waals surface area contributed by atoms with Gasteiger partial charge in [0.1, 0.15) is 5.82 Å².